The van der Waals surface area contributed by atoms with E-state index in [0.717, 1.165) is 16.8 Å². The molecule has 3 aromatic carbocycles. The van der Waals surface area contributed by atoms with Crippen LogP contribution >= 0.6 is 11.6 Å². The van der Waals surface area contributed by atoms with Gasteiger partial charge in [-0.1, -0.05) is 56.6 Å². The number of hydrogen-bond donors (Lipinski definition) is 1. The number of carbonyl (C=O) groups is 2. The Balaban J connectivity index is 1.90. The highest BCUT2D eigenvalue weighted by molar-refractivity contribution is 6.51. The number of aliphatic hydroxyl groups is 1. The standard InChI is InChI=1S/C29H29ClN2O3/c1-29(2,3)20-10-6-18(7-11-20)25-24(26(33)19-8-12-21(30)13-9-19)27(34)28(35)32(25)23-16-14-22(15-17-23)31(4)5/h6-17,25,33H,1-5H3/b26-24-. The van der Waals surface area contributed by atoms with Crippen molar-refractivity contribution >= 4 is 40.4 Å². The van der Waals surface area contributed by atoms with Crippen LogP contribution in [-0.4, -0.2) is 30.9 Å². The van der Waals surface area contributed by atoms with E-state index in [1.807, 2.05) is 67.5 Å². The molecule has 180 valence electrons. The van der Waals surface area contributed by atoms with Crippen LogP contribution in [-0.2, 0) is 15.0 Å². The van der Waals surface area contributed by atoms with Gasteiger partial charge in [-0.2, -0.15) is 0 Å². The summed E-state index contributed by atoms with van der Waals surface area (Å²) in [6, 6.07) is 21.1. The average molecular weight is 489 g/mol. The summed E-state index contributed by atoms with van der Waals surface area (Å²) in [6.45, 7) is 6.38. The highest BCUT2D eigenvalue weighted by atomic mass is 35.5. The van der Waals surface area contributed by atoms with Gasteiger partial charge in [-0.3, -0.25) is 14.5 Å². The monoisotopic (exact) mass is 488 g/mol. The van der Waals surface area contributed by atoms with Crippen molar-refractivity contribution in [2.45, 2.75) is 32.2 Å². The number of ketones is 1. The first kappa shape index (κ1) is 24.6. The molecular formula is C29H29ClN2O3. The van der Waals surface area contributed by atoms with Crippen LogP contribution in [0.4, 0.5) is 11.4 Å². The second kappa shape index (κ2) is 9.23. The van der Waals surface area contributed by atoms with Crippen molar-refractivity contribution in [1.82, 2.24) is 0 Å². The summed E-state index contributed by atoms with van der Waals surface area (Å²) < 4.78 is 0. The third kappa shape index (κ3) is 4.69. The molecule has 1 atom stereocenters. The molecule has 6 heteroatoms. The van der Waals surface area contributed by atoms with E-state index in [0.29, 0.717) is 16.3 Å². The SMILES string of the molecule is CN(C)c1ccc(N2C(=O)C(=O)/C(=C(\O)c3ccc(Cl)cc3)C2c2ccc(C(C)(C)C)cc2)cc1. The van der Waals surface area contributed by atoms with Crippen LogP contribution in [0.1, 0.15) is 43.5 Å². The molecule has 0 bridgehead atoms. The van der Waals surface area contributed by atoms with Crippen LogP contribution in [0.2, 0.25) is 5.02 Å². The molecule has 1 N–H and O–H groups in total. The lowest BCUT2D eigenvalue weighted by atomic mass is 9.85. The van der Waals surface area contributed by atoms with E-state index in [-0.39, 0.29) is 16.7 Å². The Labute approximate surface area is 211 Å². The third-order valence-corrected chi connectivity index (χ3v) is 6.55. The molecule has 0 spiro atoms. The smallest absolute Gasteiger partial charge is 0.300 e. The van der Waals surface area contributed by atoms with Gasteiger partial charge in [-0.25, -0.2) is 0 Å². The fourth-order valence-electron chi connectivity index (χ4n) is 4.25. The minimum absolute atomic E-state index is 0.0499. The molecule has 1 unspecified atom stereocenters. The molecule has 5 nitrogen and oxygen atoms in total. The van der Waals surface area contributed by atoms with E-state index in [4.69, 9.17) is 11.6 Å². The fourth-order valence-corrected chi connectivity index (χ4v) is 4.38. The maximum absolute atomic E-state index is 13.3. The molecule has 1 aliphatic heterocycles. The summed E-state index contributed by atoms with van der Waals surface area (Å²) in [5.41, 5.74) is 3.85. The normalized spacial score (nSPS) is 17.7. The second-order valence-corrected chi connectivity index (χ2v) is 10.4. The van der Waals surface area contributed by atoms with E-state index in [9.17, 15) is 14.7 Å². The number of nitrogens with zero attached hydrogens (tertiary/aromatic N) is 2. The van der Waals surface area contributed by atoms with E-state index in [2.05, 4.69) is 20.8 Å². The van der Waals surface area contributed by atoms with Gasteiger partial charge >= 0.3 is 0 Å². The molecule has 0 aromatic heterocycles. The first-order chi connectivity index (χ1) is 16.5. The van der Waals surface area contributed by atoms with Crippen molar-refractivity contribution in [3.8, 4) is 0 Å². The first-order valence-electron chi connectivity index (χ1n) is 11.4. The van der Waals surface area contributed by atoms with Gasteiger partial charge in [0.05, 0.1) is 11.6 Å². The summed E-state index contributed by atoms with van der Waals surface area (Å²) in [5.74, 6) is -1.63. The van der Waals surface area contributed by atoms with Crippen molar-refractivity contribution in [1.29, 1.82) is 0 Å². The van der Waals surface area contributed by atoms with Crippen LogP contribution in [0, 0.1) is 0 Å². The summed E-state index contributed by atoms with van der Waals surface area (Å²) in [5, 5.41) is 11.7. The van der Waals surface area contributed by atoms with Crippen molar-refractivity contribution in [2.24, 2.45) is 0 Å². The van der Waals surface area contributed by atoms with Gasteiger partial charge in [0.2, 0.25) is 0 Å². The molecule has 4 rings (SSSR count). The number of Topliss-reactive ketones (excluding diaryl/α,β-unsaturated/α-hetero) is 1. The Hall–Kier alpha value is -3.57. The van der Waals surface area contributed by atoms with Gasteiger partial charge in [-0.05, 0) is 65.1 Å². The second-order valence-electron chi connectivity index (χ2n) is 9.96. The third-order valence-electron chi connectivity index (χ3n) is 6.30. The van der Waals surface area contributed by atoms with E-state index >= 15 is 0 Å². The predicted octanol–water partition coefficient (Wildman–Crippen LogP) is 6.33. The Bertz CT molecular complexity index is 1290. The Morgan fingerprint density at radius 3 is 1.97 bits per heavy atom. The number of anilines is 2. The van der Waals surface area contributed by atoms with Crippen LogP contribution in [0.5, 0.6) is 0 Å². The highest BCUT2D eigenvalue weighted by Gasteiger charge is 2.47. The maximum atomic E-state index is 13.3. The fraction of sp³-hybridized carbons (Fsp3) is 0.241. The van der Waals surface area contributed by atoms with Crippen LogP contribution in [0.25, 0.3) is 5.76 Å². The van der Waals surface area contributed by atoms with E-state index in [1.165, 1.54) is 4.90 Å². The van der Waals surface area contributed by atoms with Crippen molar-refractivity contribution < 1.29 is 14.7 Å². The van der Waals surface area contributed by atoms with E-state index in [1.54, 1.807) is 24.3 Å². The summed E-state index contributed by atoms with van der Waals surface area (Å²) in [4.78, 5) is 30.1. The topological polar surface area (TPSA) is 60.9 Å². The number of halogens is 1. The molecular weight excluding hydrogens is 460 g/mol. The molecule has 1 aliphatic rings. The van der Waals surface area contributed by atoms with E-state index < -0.39 is 17.7 Å². The molecule has 1 heterocycles. The van der Waals surface area contributed by atoms with Gasteiger partial charge in [-0.15, -0.1) is 0 Å². The van der Waals surface area contributed by atoms with Gasteiger partial charge in [0, 0.05) is 36.1 Å². The lowest BCUT2D eigenvalue weighted by Crippen LogP contribution is -2.29. The number of benzene rings is 3. The molecule has 0 aliphatic carbocycles. The largest absolute Gasteiger partial charge is 0.507 e. The van der Waals surface area contributed by atoms with Crippen LogP contribution < -0.4 is 9.80 Å². The highest BCUT2D eigenvalue weighted by Crippen LogP contribution is 2.43. The minimum atomic E-state index is -0.773. The zero-order valence-electron chi connectivity index (χ0n) is 20.5. The number of aliphatic hydroxyl groups excluding tert-OH is 1. The molecule has 0 radical (unpaired) electrons. The van der Waals surface area contributed by atoms with Crippen molar-refractivity contribution in [3.63, 3.8) is 0 Å². The van der Waals surface area contributed by atoms with Gasteiger partial charge in [0.15, 0.2) is 0 Å². The predicted molar refractivity (Wildman–Crippen MR) is 142 cm³/mol. The molecule has 35 heavy (non-hydrogen) atoms. The number of hydrogen-bond acceptors (Lipinski definition) is 4. The van der Waals surface area contributed by atoms with Crippen LogP contribution in [0.15, 0.2) is 78.4 Å². The quantitative estimate of drug-likeness (QED) is 0.265. The molecule has 1 saturated heterocycles. The Morgan fingerprint density at radius 1 is 0.886 bits per heavy atom. The van der Waals surface area contributed by atoms with Gasteiger partial charge in [0.1, 0.15) is 5.76 Å². The zero-order chi connectivity index (χ0) is 25.5. The number of rotatable bonds is 4. The average Bonchev–Trinajstić information content (AvgIpc) is 3.09. The maximum Gasteiger partial charge on any atom is 0.300 e. The summed E-state index contributed by atoms with van der Waals surface area (Å²) in [7, 11) is 3.87. The molecule has 1 fully saturated rings. The minimum Gasteiger partial charge on any atom is -0.507 e. The lowest BCUT2D eigenvalue weighted by Gasteiger charge is -2.27. The Morgan fingerprint density at radius 2 is 1.46 bits per heavy atom. The summed E-state index contributed by atoms with van der Waals surface area (Å²) in [6.07, 6.45) is 0. The van der Waals surface area contributed by atoms with Crippen LogP contribution in [0.3, 0.4) is 0 Å². The molecule has 0 saturated carbocycles. The Kier molecular flexibility index (Phi) is 6.48. The summed E-state index contributed by atoms with van der Waals surface area (Å²) >= 11 is 6.01. The van der Waals surface area contributed by atoms with Crippen molar-refractivity contribution in [2.75, 3.05) is 23.9 Å². The number of carbonyl (C=O) groups excluding carboxylic acids is 2. The van der Waals surface area contributed by atoms with Gasteiger partial charge in [0.25, 0.3) is 11.7 Å². The number of amides is 1. The lowest BCUT2D eigenvalue weighted by molar-refractivity contribution is -0.132. The van der Waals surface area contributed by atoms with Gasteiger partial charge < -0.3 is 10.0 Å². The molecule has 3 aromatic rings. The molecule has 1 amide bonds. The van der Waals surface area contributed by atoms with Crippen molar-refractivity contribution in [3.05, 3.63) is 100 Å². The first-order valence-corrected chi connectivity index (χ1v) is 11.8. The zero-order valence-corrected chi connectivity index (χ0v) is 21.3.